The second-order valence-corrected chi connectivity index (χ2v) is 4.51. The number of allylic oxidation sites excluding steroid dienone is 1. The lowest BCUT2D eigenvalue weighted by atomic mass is 10.0. The molecule has 0 bridgehead atoms. The fourth-order valence-electron chi connectivity index (χ4n) is 2.13. The zero-order valence-corrected chi connectivity index (χ0v) is 10.7. The lowest BCUT2D eigenvalue weighted by Gasteiger charge is -2.21. The molecule has 1 aromatic rings. The Morgan fingerprint density at radius 2 is 2.12 bits per heavy atom. The largest absolute Gasteiger partial charge is 0.501 e. The summed E-state index contributed by atoms with van der Waals surface area (Å²) in [5.41, 5.74) is 2.17. The van der Waals surface area contributed by atoms with Crippen molar-refractivity contribution in [3.8, 4) is 5.88 Å². The van der Waals surface area contributed by atoms with Crippen molar-refractivity contribution in [3.63, 3.8) is 0 Å². The maximum atomic E-state index is 5.88. The summed E-state index contributed by atoms with van der Waals surface area (Å²) < 4.78 is 11.1. The summed E-state index contributed by atoms with van der Waals surface area (Å²) in [7, 11) is 1.71. The van der Waals surface area contributed by atoms with Crippen LogP contribution in [0.2, 0.25) is 0 Å². The molecule has 0 fully saturated rings. The summed E-state index contributed by atoms with van der Waals surface area (Å²) in [6.45, 7) is 4.04. The summed E-state index contributed by atoms with van der Waals surface area (Å²) in [5, 5.41) is 0. The van der Waals surface area contributed by atoms with Gasteiger partial charge in [-0.15, -0.1) is 0 Å². The molecular formula is C14H19NO2. The zero-order chi connectivity index (χ0) is 12.3. The van der Waals surface area contributed by atoms with Gasteiger partial charge in [-0.3, -0.25) is 0 Å². The molecule has 1 aliphatic carbocycles. The summed E-state index contributed by atoms with van der Waals surface area (Å²) in [6.07, 6.45) is 5.29. The Hall–Kier alpha value is -1.51. The van der Waals surface area contributed by atoms with Crippen molar-refractivity contribution in [2.24, 2.45) is 0 Å². The normalized spacial score (nSPS) is 19.7. The first kappa shape index (κ1) is 12.0. The monoisotopic (exact) mass is 233 g/mol. The summed E-state index contributed by atoms with van der Waals surface area (Å²) in [6, 6.07) is 4.02. The summed E-state index contributed by atoms with van der Waals surface area (Å²) in [5.74, 6) is 1.73. The molecule has 0 aliphatic heterocycles. The third kappa shape index (κ3) is 3.22. The maximum absolute atomic E-state index is 5.88. The number of methoxy groups -OCH3 is 1. The average Bonchev–Trinajstić information content (AvgIpc) is 2.28. The molecule has 0 N–H and O–H groups in total. The number of aromatic nitrogens is 1. The van der Waals surface area contributed by atoms with E-state index in [9.17, 15) is 0 Å². The lowest BCUT2D eigenvalue weighted by molar-refractivity contribution is 0.189. The molecule has 1 atom stereocenters. The van der Waals surface area contributed by atoms with E-state index < -0.39 is 0 Å². The van der Waals surface area contributed by atoms with E-state index in [0.717, 1.165) is 30.7 Å². The highest BCUT2D eigenvalue weighted by atomic mass is 16.5. The molecule has 2 rings (SSSR count). The topological polar surface area (TPSA) is 31.4 Å². The average molecular weight is 233 g/mol. The van der Waals surface area contributed by atoms with Crippen LogP contribution in [0.25, 0.3) is 0 Å². The molecule has 1 heterocycles. The van der Waals surface area contributed by atoms with E-state index in [1.807, 2.05) is 19.1 Å². The first-order valence-electron chi connectivity index (χ1n) is 6.04. The molecule has 17 heavy (non-hydrogen) atoms. The van der Waals surface area contributed by atoms with Crippen molar-refractivity contribution in [1.29, 1.82) is 0 Å². The minimum atomic E-state index is 0.0902. The predicted octanol–water partition coefficient (Wildman–Crippen LogP) is 3.16. The standard InChI is InChI=1S/C14H19NO2/c1-10-7-11(2)15-14(8-10)17-13-6-4-5-12(9-13)16-3/h7-9,13H,4-6H2,1-3H3. The van der Waals surface area contributed by atoms with Gasteiger partial charge in [0.05, 0.1) is 12.9 Å². The van der Waals surface area contributed by atoms with Gasteiger partial charge in [-0.2, -0.15) is 0 Å². The first-order valence-corrected chi connectivity index (χ1v) is 6.04. The number of hydrogen-bond donors (Lipinski definition) is 0. The van der Waals surface area contributed by atoms with Crippen molar-refractivity contribution in [2.75, 3.05) is 7.11 Å². The van der Waals surface area contributed by atoms with Crippen LogP contribution in [0, 0.1) is 13.8 Å². The number of rotatable bonds is 3. The summed E-state index contributed by atoms with van der Waals surface area (Å²) >= 11 is 0. The van der Waals surface area contributed by atoms with Gasteiger partial charge in [0, 0.05) is 18.2 Å². The molecule has 0 aromatic carbocycles. The van der Waals surface area contributed by atoms with E-state index in [0.29, 0.717) is 5.88 Å². The van der Waals surface area contributed by atoms with Gasteiger partial charge in [0.1, 0.15) is 6.10 Å². The molecule has 3 nitrogen and oxygen atoms in total. The van der Waals surface area contributed by atoms with Crippen LogP contribution in [-0.4, -0.2) is 18.2 Å². The van der Waals surface area contributed by atoms with Crippen LogP contribution in [0.5, 0.6) is 5.88 Å². The molecule has 0 amide bonds. The smallest absolute Gasteiger partial charge is 0.214 e. The first-order chi connectivity index (χ1) is 8.17. The van der Waals surface area contributed by atoms with E-state index in [1.165, 1.54) is 5.56 Å². The van der Waals surface area contributed by atoms with Gasteiger partial charge in [-0.05, 0) is 44.4 Å². The SMILES string of the molecule is COC1=CC(Oc2cc(C)cc(C)n2)CCC1. The number of nitrogens with zero attached hydrogens (tertiary/aromatic N) is 1. The zero-order valence-electron chi connectivity index (χ0n) is 10.7. The second kappa shape index (κ2) is 5.21. The van der Waals surface area contributed by atoms with Crippen molar-refractivity contribution in [3.05, 3.63) is 35.2 Å². The van der Waals surface area contributed by atoms with Gasteiger partial charge in [0.15, 0.2) is 0 Å². The summed E-state index contributed by atoms with van der Waals surface area (Å²) in [4.78, 5) is 4.39. The Morgan fingerprint density at radius 1 is 1.29 bits per heavy atom. The second-order valence-electron chi connectivity index (χ2n) is 4.51. The van der Waals surface area contributed by atoms with E-state index in [2.05, 4.69) is 18.0 Å². The molecule has 3 heteroatoms. The highest BCUT2D eigenvalue weighted by molar-refractivity contribution is 5.24. The fourth-order valence-corrected chi connectivity index (χ4v) is 2.13. The van der Waals surface area contributed by atoms with Crippen molar-refractivity contribution in [2.45, 2.75) is 39.2 Å². The van der Waals surface area contributed by atoms with Crippen LogP contribution in [0.15, 0.2) is 24.0 Å². The van der Waals surface area contributed by atoms with Crippen LogP contribution in [0.1, 0.15) is 30.5 Å². The molecule has 0 spiro atoms. The van der Waals surface area contributed by atoms with Crippen LogP contribution in [-0.2, 0) is 4.74 Å². The molecule has 1 aliphatic rings. The van der Waals surface area contributed by atoms with Crippen LogP contribution in [0.3, 0.4) is 0 Å². The van der Waals surface area contributed by atoms with Gasteiger partial charge in [0.25, 0.3) is 0 Å². The number of aryl methyl sites for hydroxylation is 2. The molecular weight excluding hydrogens is 214 g/mol. The highest BCUT2D eigenvalue weighted by Crippen LogP contribution is 2.22. The van der Waals surface area contributed by atoms with Gasteiger partial charge in [-0.1, -0.05) is 0 Å². The van der Waals surface area contributed by atoms with Gasteiger partial charge >= 0.3 is 0 Å². The highest BCUT2D eigenvalue weighted by Gasteiger charge is 2.16. The van der Waals surface area contributed by atoms with E-state index in [-0.39, 0.29) is 6.10 Å². The van der Waals surface area contributed by atoms with Crippen molar-refractivity contribution in [1.82, 2.24) is 4.98 Å². The minimum absolute atomic E-state index is 0.0902. The van der Waals surface area contributed by atoms with Crippen LogP contribution < -0.4 is 4.74 Å². The Morgan fingerprint density at radius 3 is 2.82 bits per heavy atom. The Bertz CT molecular complexity index is 406. The fraction of sp³-hybridized carbons (Fsp3) is 0.500. The third-order valence-corrected chi connectivity index (χ3v) is 2.89. The van der Waals surface area contributed by atoms with Crippen molar-refractivity contribution < 1.29 is 9.47 Å². The molecule has 0 saturated carbocycles. The quantitative estimate of drug-likeness (QED) is 0.803. The predicted molar refractivity (Wildman–Crippen MR) is 67.1 cm³/mol. The number of ether oxygens (including phenoxy) is 2. The maximum Gasteiger partial charge on any atom is 0.214 e. The van der Waals surface area contributed by atoms with E-state index in [1.54, 1.807) is 7.11 Å². The molecule has 0 saturated heterocycles. The molecule has 1 aromatic heterocycles. The molecule has 92 valence electrons. The number of hydrogen-bond acceptors (Lipinski definition) is 3. The van der Waals surface area contributed by atoms with Gasteiger partial charge in [-0.25, -0.2) is 4.98 Å². The van der Waals surface area contributed by atoms with Crippen LogP contribution >= 0.6 is 0 Å². The van der Waals surface area contributed by atoms with Gasteiger partial charge < -0.3 is 9.47 Å². The van der Waals surface area contributed by atoms with Crippen LogP contribution in [0.4, 0.5) is 0 Å². The van der Waals surface area contributed by atoms with E-state index >= 15 is 0 Å². The Kier molecular flexibility index (Phi) is 3.67. The van der Waals surface area contributed by atoms with Crippen molar-refractivity contribution >= 4 is 0 Å². The Labute approximate surface area is 102 Å². The Balaban J connectivity index is 2.10. The van der Waals surface area contributed by atoms with Gasteiger partial charge in [0.2, 0.25) is 5.88 Å². The third-order valence-electron chi connectivity index (χ3n) is 2.89. The minimum Gasteiger partial charge on any atom is -0.501 e. The molecule has 0 radical (unpaired) electrons. The lowest BCUT2D eigenvalue weighted by Crippen LogP contribution is -2.19. The van der Waals surface area contributed by atoms with E-state index in [4.69, 9.17) is 9.47 Å². The molecule has 1 unspecified atom stereocenters. The number of pyridine rings is 1.